The molecule has 1 aromatic carbocycles. The third-order valence-corrected chi connectivity index (χ3v) is 3.35. The number of carbonyl (C=O) groups is 1. The van der Waals surface area contributed by atoms with Crippen LogP contribution in [0.1, 0.15) is 21.7 Å². The molecule has 0 unspecified atom stereocenters. The van der Waals surface area contributed by atoms with Gasteiger partial charge >= 0.3 is 5.97 Å². The van der Waals surface area contributed by atoms with E-state index in [1.807, 2.05) is 30.3 Å². The van der Waals surface area contributed by atoms with Crippen molar-refractivity contribution < 1.29 is 18.7 Å². The largest absolute Gasteiger partial charge is 0.482 e. The Labute approximate surface area is 143 Å². The molecule has 0 saturated carbocycles. The van der Waals surface area contributed by atoms with E-state index in [0.717, 1.165) is 5.56 Å². The predicted molar refractivity (Wildman–Crippen MR) is 89.1 cm³/mol. The summed E-state index contributed by atoms with van der Waals surface area (Å²) in [4.78, 5) is 27.7. The highest BCUT2D eigenvalue weighted by molar-refractivity contribution is 5.89. The SMILES string of the molecule is O=C(OCc1cc(=O)c(OCc2ccccc2)co1)c1ccncc1. The molecular weight excluding hydrogens is 322 g/mol. The van der Waals surface area contributed by atoms with Crippen molar-refractivity contribution in [3.8, 4) is 5.75 Å². The highest BCUT2D eigenvalue weighted by atomic mass is 16.5. The first kappa shape index (κ1) is 16.4. The molecule has 0 N–H and O–H groups in total. The van der Waals surface area contributed by atoms with Crippen molar-refractivity contribution in [3.05, 3.63) is 94.3 Å². The lowest BCUT2D eigenvalue weighted by Gasteiger charge is -2.07. The lowest BCUT2D eigenvalue weighted by atomic mass is 10.2. The van der Waals surface area contributed by atoms with Crippen LogP contribution in [0.3, 0.4) is 0 Å². The van der Waals surface area contributed by atoms with E-state index >= 15 is 0 Å². The fraction of sp³-hybridized carbons (Fsp3) is 0.105. The number of rotatable bonds is 6. The van der Waals surface area contributed by atoms with Crippen LogP contribution in [0, 0.1) is 0 Å². The van der Waals surface area contributed by atoms with E-state index in [-0.39, 0.29) is 30.2 Å². The van der Waals surface area contributed by atoms with Gasteiger partial charge in [0, 0.05) is 18.5 Å². The van der Waals surface area contributed by atoms with Crippen molar-refractivity contribution >= 4 is 5.97 Å². The van der Waals surface area contributed by atoms with E-state index in [0.29, 0.717) is 5.56 Å². The van der Waals surface area contributed by atoms with Crippen LogP contribution in [-0.2, 0) is 18.0 Å². The van der Waals surface area contributed by atoms with E-state index in [4.69, 9.17) is 13.9 Å². The minimum atomic E-state index is -0.519. The Morgan fingerprint density at radius 1 is 1.04 bits per heavy atom. The number of pyridine rings is 1. The van der Waals surface area contributed by atoms with Gasteiger partial charge in [0.05, 0.1) is 5.56 Å². The Hall–Kier alpha value is -3.41. The predicted octanol–water partition coefficient (Wildman–Crippen LogP) is 2.97. The molecule has 3 rings (SSSR count). The van der Waals surface area contributed by atoms with E-state index in [1.54, 1.807) is 12.1 Å². The van der Waals surface area contributed by atoms with Crippen molar-refractivity contribution in [2.24, 2.45) is 0 Å². The second-order valence-electron chi connectivity index (χ2n) is 5.16. The van der Waals surface area contributed by atoms with Crippen LogP contribution >= 0.6 is 0 Å². The molecule has 0 atom stereocenters. The van der Waals surface area contributed by atoms with Crippen molar-refractivity contribution in [3.63, 3.8) is 0 Å². The average Bonchev–Trinajstić information content (AvgIpc) is 2.67. The number of carbonyl (C=O) groups excluding carboxylic acids is 1. The molecule has 6 nitrogen and oxygen atoms in total. The van der Waals surface area contributed by atoms with Gasteiger partial charge in [0.1, 0.15) is 25.2 Å². The maximum Gasteiger partial charge on any atom is 0.338 e. The van der Waals surface area contributed by atoms with Crippen LogP contribution in [-0.4, -0.2) is 11.0 Å². The molecule has 2 aromatic heterocycles. The average molecular weight is 337 g/mol. The number of esters is 1. The summed E-state index contributed by atoms with van der Waals surface area (Å²) in [5.41, 5.74) is 0.981. The summed E-state index contributed by atoms with van der Waals surface area (Å²) in [6.45, 7) is 0.122. The topological polar surface area (TPSA) is 78.6 Å². The summed E-state index contributed by atoms with van der Waals surface area (Å²) in [5, 5.41) is 0. The van der Waals surface area contributed by atoms with Crippen LogP contribution in [0.5, 0.6) is 5.75 Å². The van der Waals surface area contributed by atoms with Crippen LogP contribution < -0.4 is 10.2 Å². The third-order valence-electron chi connectivity index (χ3n) is 3.35. The molecule has 0 aliphatic rings. The number of nitrogens with zero attached hydrogens (tertiary/aromatic N) is 1. The van der Waals surface area contributed by atoms with Gasteiger partial charge in [0.25, 0.3) is 0 Å². The Morgan fingerprint density at radius 2 is 1.80 bits per heavy atom. The van der Waals surface area contributed by atoms with Gasteiger partial charge in [-0.05, 0) is 17.7 Å². The normalized spacial score (nSPS) is 10.2. The number of hydrogen-bond donors (Lipinski definition) is 0. The molecule has 2 heterocycles. The molecule has 3 aromatic rings. The molecule has 0 fully saturated rings. The molecule has 0 amide bonds. The maximum atomic E-state index is 12.0. The highest BCUT2D eigenvalue weighted by Crippen LogP contribution is 2.11. The number of hydrogen-bond acceptors (Lipinski definition) is 6. The van der Waals surface area contributed by atoms with Gasteiger partial charge in [-0.15, -0.1) is 0 Å². The molecule has 0 saturated heterocycles. The van der Waals surface area contributed by atoms with E-state index in [1.165, 1.54) is 24.7 Å². The molecule has 0 aliphatic heterocycles. The molecule has 0 bridgehead atoms. The Bertz CT molecular complexity index is 890. The standard InChI is InChI=1S/C19H15NO5/c21-17-10-16(12-25-19(22)15-6-8-20-9-7-15)23-13-18(17)24-11-14-4-2-1-3-5-14/h1-10,13H,11-12H2. The third kappa shape index (κ3) is 4.54. The summed E-state index contributed by atoms with van der Waals surface area (Å²) in [5.74, 6) is -0.179. The lowest BCUT2D eigenvalue weighted by Crippen LogP contribution is -2.10. The van der Waals surface area contributed by atoms with Crippen molar-refractivity contribution in [2.75, 3.05) is 0 Å². The van der Waals surface area contributed by atoms with Gasteiger partial charge in [-0.2, -0.15) is 0 Å². The lowest BCUT2D eigenvalue weighted by molar-refractivity contribution is 0.0442. The molecule has 0 radical (unpaired) electrons. The summed E-state index contributed by atoms with van der Waals surface area (Å²) in [7, 11) is 0. The van der Waals surface area contributed by atoms with Crippen molar-refractivity contribution in [1.82, 2.24) is 4.98 Å². The van der Waals surface area contributed by atoms with Crippen molar-refractivity contribution in [1.29, 1.82) is 0 Å². The fourth-order valence-electron chi connectivity index (χ4n) is 2.06. The van der Waals surface area contributed by atoms with Gasteiger partial charge < -0.3 is 13.9 Å². The fourth-order valence-corrected chi connectivity index (χ4v) is 2.06. The summed E-state index contributed by atoms with van der Waals surface area (Å²) < 4.78 is 15.8. The smallest absolute Gasteiger partial charge is 0.338 e. The Kier molecular flexibility index (Phi) is 5.21. The maximum absolute atomic E-state index is 12.0. The number of ether oxygens (including phenoxy) is 2. The minimum absolute atomic E-state index is 0.105. The molecule has 0 spiro atoms. The van der Waals surface area contributed by atoms with E-state index in [9.17, 15) is 9.59 Å². The van der Waals surface area contributed by atoms with Gasteiger partial charge in [-0.1, -0.05) is 30.3 Å². The van der Waals surface area contributed by atoms with Crippen molar-refractivity contribution in [2.45, 2.75) is 13.2 Å². The molecule has 6 heteroatoms. The molecule has 0 aliphatic carbocycles. The van der Waals surface area contributed by atoms with Gasteiger partial charge in [-0.25, -0.2) is 4.79 Å². The summed E-state index contributed by atoms with van der Waals surface area (Å²) in [6.07, 6.45) is 4.21. The quantitative estimate of drug-likeness (QED) is 0.644. The summed E-state index contributed by atoms with van der Waals surface area (Å²) in [6, 6.07) is 13.8. The zero-order chi connectivity index (χ0) is 17.5. The summed E-state index contributed by atoms with van der Waals surface area (Å²) >= 11 is 0. The van der Waals surface area contributed by atoms with Crippen LogP contribution in [0.2, 0.25) is 0 Å². The Morgan fingerprint density at radius 3 is 2.52 bits per heavy atom. The monoisotopic (exact) mass is 337 g/mol. The van der Waals surface area contributed by atoms with Gasteiger partial charge in [0.15, 0.2) is 0 Å². The van der Waals surface area contributed by atoms with Crippen LogP contribution in [0.15, 0.2) is 76.4 Å². The minimum Gasteiger partial charge on any atom is -0.482 e. The first-order valence-corrected chi connectivity index (χ1v) is 7.58. The Balaban J connectivity index is 1.58. The highest BCUT2D eigenvalue weighted by Gasteiger charge is 2.10. The van der Waals surface area contributed by atoms with Gasteiger partial charge in [0.2, 0.25) is 11.2 Å². The molecule has 25 heavy (non-hydrogen) atoms. The van der Waals surface area contributed by atoms with Crippen LogP contribution in [0.4, 0.5) is 0 Å². The first-order chi connectivity index (χ1) is 12.2. The zero-order valence-corrected chi connectivity index (χ0v) is 13.3. The molecule has 126 valence electrons. The van der Waals surface area contributed by atoms with Gasteiger partial charge in [-0.3, -0.25) is 9.78 Å². The second kappa shape index (κ2) is 7.92. The molecular formula is C19H15NO5. The second-order valence-corrected chi connectivity index (χ2v) is 5.16. The van der Waals surface area contributed by atoms with Crippen LogP contribution in [0.25, 0.3) is 0 Å². The zero-order valence-electron chi connectivity index (χ0n) is 13.3. The first-order valence-electron chi connectivity index (χ1n) is 7.58. The van der Waals surface area contributed by atoms with E-state index in [2.05, 4.69) is 4.98 Å². The number of benzene rings is 1. The number of aromatic nitrogens is 1. The van der Waals surface area contributed by atoms with E-state index < -0.39 is 5.97 Å².